The van der Waals surface area contributed by atoms with Gasteiger partial charge in [-0.05, 0) is 27.7 Å². The third-order valence-electron chi connectivity index (χ3n) is 3.04. The molecule has 0 spiro atoms. The highest BCUT2D eigenvalue weighted by Crippen LogP contribution is 2.17. The van der Waals surface area contributed by atoms with Crippen LogP contribution >= 0.6 is 0 Å². The first-order chi connectivity index (χ1) is 7.43. The first-order valence-electron chi connectivity index (χ1n) is 6.46. The lowest BCUT2D eigenvalue weighted by Gasteiger charge is -2.45. The number of nitrogens with zero attached hydrogens (tertiary/aromatic N) is 2. The number of hydrogen-bond donors (Lipinski definition) is 0. The molecule has 1 aliphatic heterocycles. The second-order valence-corrected chi connectivity index (χ2v) is 4.67. The number of amides is 1. The van der Waals surface area contributed by atoms with Gasteiger partial charge in [0.25, 0.3) is 0 Å². The van der Waals surface area contributed by atoms with Gasteiger partial charge in [-0.2, -0.15) is 0 Å². The molecule has 0 aromatic carbocycles. The van der Waals surface area contributed by atoms with Crippen molar-refractivity contribution in [3.05, 3.63) is 0 Å². The highest BCUT2D eigenvalue weighted by molar-refractivity contribution is 5.74. The molecule has 3 heteroatoms. The minimum absolute atomic E-state index is 0.202. The summed E-state index contributed by atoms with van der Waals surface area (Å²) in [5.74, 6) is 0.202. The average Bonchev–Trinajstić information content (AvgIpc) is 2.18. The predicted octanol–water partition coefficient (Wildman–Crippen LogP) is 2.36. The quantitative estimate of drug-likeness (QED) is 0.688. The van der Waals surface area contributed by atoms with Crippen molar-refractivity contribution in [1.29, 1.82) is 0 Å². The maximum Gasteiger partial charge on any atom is 0.220 e. The second kappa shape index (κ2) is 6.89. The van der Waals surface area contributed by atoms with Crippen molar-refractivity contribution in [2.75, 3.05) is 13.1 Å². The molecular weight excluding hydrogens is 200 g/mol. The zero-order valence-corrected chi connectivity index (χ0v) is 11.9. The summed E-state index contributed by atoms with van der Waals surface area (Å²) in [5.41, 5.74) is 0. The number of piperazine rings is 1. The van der Waals surface area contributed by atoms with Gasteiger partial charge in [0.15, 0.2) is 0 Å². The lowest BCUT2D eigenvalue weighted by Crippen LogP contribution is -2.59. The van der Waals surface area contributed by atoms with Crippen molar-refractivity contribution in [2.24, 2.45) is 0 Å². The van der Waals surface area contributed by atoms with Crippen LogP contribution in [-0.2, 0) is 4.79 Å². The van der Waals surface area contributed by atoms with E-state index in [-0.39, 0.29) is 5.91 Å². The van der Waals surface area contributed by atoms with Crippen LogP contribution in [0, 0.1) is 0 Å². The number of hydrogen-bond acceptors (Lipinski definition) is 2. The van der Waals surface area contributed by atoms with Crippen LogP contribution in [0.4, 0.5) is 0 Å². The molecular formula is C13H28N2O. The van der Waals surface area contributed by atoms with Gasteiger partial charge in [0.1, 0.15) is 0 Å². The summed E-state index contributed by atoms with van der Waals surface area (Å²) in [6.45, 7) is 16.4. The van der Waals surface area contributed by atoms with Gasteiger partial charge in [-0.3, -0.25) is 9.69 Å². The predicted molar refractivity (Wildman–Crippen MR) is 69.5 cm³/mol. The topological polar surface area (TPSA) is 23.6 Å². The molecule has 0 aliphatic carbocycles. The maximum absolute atomic E-state index is 11.4. The van der Waals surface area contributed by atoms with E-state index in [0.717, 1.165) is 13.1 Å². The minimum Gasteiger partial charge on any atom is -0.335 e. The molecule has 0 N–H and O–H groups in total. The highest BCUT2D eigenvalue weighted by Gasteiger charge is 2.31. The summed E-state index contributed by atoms with van der Waals surface area (Å²) in [4.78, 5) is 15.8. The molecule has 1 aliphatic rings. The van der Waals surface area contributed by atoms with Crippen LogP contribution in [0.1, 0.15) is 48.5 Å². The fraction of sp³-hybridized carbons (Fsp3) is 0.923. The molecule has 1 heterocycles. The van der Waals surface area contributed by atoms with E-state index in [1.165, 1.54) is 0 Å². The lowest BCUT2D eigenvalue weighted by molar-refractivity contribution is -0.137. The van der Waals surface area contributed by atoms with Gasteiger partial charge in [0, 0.05) is 38.1 Å². The van der Waals surface area contributed by atoms with Crippen molar-refractivity contribution in [2.45, 2.75) is 66.6 Å². The van der Waals surface area contributed by atoms with Crippen LogP contribution < -0.4 is 0 Å². The van der Waals surface area contributed by atoms with Crippen LogP contribution in [0.2, 0.25) is 0 Å². The Morgan fingerprint density at radius 1 is 1.12 bits per heavy atom. The summed E-state index contributed by atoms with van der Waals surface area (Å²) in [5, 5.41) is 0. The van der Waals surface area contributed by atoms with E-state index in [0.29, 0.717) is 18.1 Å². The maximum atomic E-state index is 11.4. The molecule has 2 atom stereocenters. The standard InChI is InChI=1S/C11H22N2O.C2H6/c1-8(2)12-6-9(3)13(11(5)14)10(4)7-12;1-2/h8-10H,6-7H2,1-5H3;1-2H3/t9-,10?;/m1./s1. The Hall–Kier alpha value is -0.570. The van der Waals surface area contributed by atoms with E-state index >= 15 is 0 Å². The van der Waals surface area contributed by atoms with Gasteiger partial charge in [-0.25, -0.2) is 0 Å². The molecule has 1 rings (SSSR count). The van der Waals surface area contributed by atoms with Gasteiger partial charge < -0.3 is 4.90 Å². The molecule has 16 heavy (non-hydrogen) atoms. The monoisotopic (exact) mass is 228 g/mol. The van der Waals surface area contributed by atoms with E-state index in [4.69, 9.17) is 0 Å². The Labute approximate surface area is 101 Å². The molecule has 1 saturated heterocycles. The highest BCUT2D eigenvalue weighted by atomic mass is 16.2. The summed E-state index contributed by atoms with van der Waals surface area (Å²) < 4.78 is 0. The summed E-state index contributed by atoms with van der Waals surface area (Å²) >= 11 is 0. The molecule has 1 fully saturated rings. The van der Waals surface area contributed by atoms with Crippen LogP contribution in [0.15, 0.2) is 0 Å². The van der Waals surface area contributed by atoms with Crippen LogP contribution in [0.25, 0.3) is 0 Å². The van der Waals surface area contributed by atoms with Gasteiger partial charge in [-0.15, -0.1) is 0 Å². The van der Waals surface area contributed by atoms with E-state index in [2.05, 4.69) is 32.6 Å². The Balaban J connectivity index is 0.00000106. The van der Waals surface area contributed by atoms with Crippen molar-refractivity contribution in [1.82, 2.24) is 9.80 Å². The lowest BCUT2D eigenvalue weighted by atomic mass is 10.1. The van der Waals surface area contributed by atoms with Gasteiger partial charge in [-0.1, -0.05) is 13.8 Å². The third kappa shape index (κ3) is 3.78. The van der Waals surface area contributed by atoms with Crippen molar-refractivity contribution < 1.29 is 4.79 Å². The number of carbonyl (C=O) groups excluding carboxylic acids is 1. The molecule has 0 aromatic rings. The molecule has 0 aromatic heterocycles. The molecule has 0 radical (unpaired) electrons. The first-order valence-corrected chi connectivity index (χ1v) is 6.46. The van der Waals surface area contributed by atoms with Crippen molar-refractivity contribution >= 4 is 5.91 Å². The number of carbonyl (C=O) groups is 1. The molecule has 3 nitrogen and oxygen atoms in total. The smallest absolute Gasteiger partial charge is 0.220 e. The van der Waals surface area contributed by atoms with Crippen molar-refractivity contribution in [3.8, 4) is 0 Å². The first kappa shape index (κ1) is 15.4. The summed E-state index contributed by atoms with van der Waals surface area (Å²) in [7, 11) is 0. The Morgan fingerprint density at radius 3 is 1.75 bits per heavy atom. The molecule has 1 unspecified atom stereocenters. The van der Waals surface area contributed by atoms with E-state index < -0.39 is 0 Å². The zero-order valence-electron chi connectivity index (χ0n) is 11.9. The second-order valence-electron chi connectivity index (χ2n) is 4.67. The van der Waals surface area contributed by atoms with E-state index in [1.807, 2.05) is 18.7 Å². The molecule has 96 valence electrons. The molecule has 1 amide bonds. The van der Waals surface area contributed by atoms with Crippen LogP contribution in [0.5, 0.6) is 0 Å². The Bertz CT molecular complexity index is 204. The Morgan fingerprint density at radius 2 is 1.50 bits per heavy atom. The van der Waals surface area contributed by atoms with Crippen LogP contribution in [-0.4, -0.2) is 46.9 Å². The summed E-state index contributed by atoms with van der Waals surface area (Å²) in [6.07, 6.45) is 0. The number of rotatable bonds is 1. The largest absolute Gasteiger partial charge is 0.335 e. The average molecular weight is 228 g/mol. The Kier molecular flexibility index (Phi) is 6.65. The van der Waals surface area contributed by atoms with Crippen LogP contribution in [0.3, 0.4) is 0 Å². The zero-order chi connectivity index (χ0) is 12.9. The van der Waals surface area contributed by atoms with Gasteiger partial charge in [0.2, 0.25) is 5.91 Å². The normalized spacial score (nSPS) is 26.4. The SMILES string of the molecule is CC.CC(=O)N1C(C)CN(C(C)C)C[C@H]1C. The minimum atomic E-state index is 0.202. The third-order valence-corrected chi connectivity index (χ3v) is 3.04. The van der Waals surface area contributed by atoms with E-state index in [1.54, 1.807) is 6.92 Å². The van der Waals surface area contributed by atoms with E-state index in [9.17, 15) is 4.79 Å². The van der Waals surface area contributed by atoms with Gasteiger partial charge >= 0.3 is 0 Å². The van der Waals surface area contributed by atoms with Gasteiger partial charge in [0.05, 0.1) is 0 Å². The molecule has 0 saturated carbocycles. The van der Waals surface area contributed by atoms with Crippen molar-refractivity contribution in [3.63, 3.8) is 0 Å². The molecule has 0 bridgehead atoms. The fourth-order valence-electron chi connectivity index (χ4n) is 2.41. The fourth-order valence-corrected chi connectivity index (χ4v) is 2.41. The summed E-state index contributed by atoms with van der Waals surface area (Å²) in [6, 6.07) is 1.27.